The van der Waals surface area contributed by atoms with Crippen molar-refractivity contribution in [3.05, 3.63) is 69.2 Å². The lowest BCUT2D eigenvalue weighted by atomic mass is 10.0. The van der Waals surface area contributed by atoms with Gasteiger partial charge < -0.3 is 10.1 Å². The molecule has 6 nitrogen and oxygen atoms in total. The minimum absolute atomic E-state index is 0.0756. The Labute approximate surface area is 157 Å². The fourth-order valence-electron chi connectivity index (χ4n) is 3.13. The van der Waals surface area contributed by atoms with E-state index < -0.39 is 0 Å². The SMILES string of the molecule is O=C(Cn1cnc2ccc(Br)cc2c1=O)NC1CCOc2ccccc21. The van der Waals surface area contributed by atoms with Crippen molar-refractivity contribution in [2.75, 3.05) is 6.61 Å². The summed E-state index contributed by atoms with van der Waals surface area (Å²) in [6.07, 6.45) is 2.11. The van der Waals surface area contributed by atoms with Crippen molar-refractivity contribution < 1.29 is 9.53 Å². The Kier molecular flexibility index (Phi) is 4.46. The van der Waals surface area contributed by atoms with Gasteiger partial charge in [-0.25, -0.2) is 4.98 Å². The molecule has 1 unspecified atom stereocenters. The highest BCUT2D eigenvalue weighted by atomic mass is 79.9. The van der Waals surface area contributed by atoms with Gasteiger partial charge in [-0.15, -0.1) is 0 Å². The molecular formula is C19H16BrN3O3. The summed E-state index contributed by atoms with van der Waals surface area (Å²) in [6, 6.07) is 12.9. The predicted octanol–water partition coefficient (Wildman–Crippen LogP) is 2.80. The Balaban J connectivity index is 1.55. The van der Waals surface area contributed by atoms with Crippen LogP contribution in [0, 0.1) is 0 Å². The number of benzene rings is 2. The summed E-state index contributed by atoms with van der Waals surface area (Å²) in [5.74, 6) is 0.559. The van der Waals surface area contributed by atoms with Gasteiger partial charge in [-0.05, 0) is 24.3 Å². The second kappa shape index (κ2) is 6.92. The van der Waals surface area contributed by atoms with Gasteiger partial charge in [0.15, 0.2) is 0 Å². The van der Waals surface area contributed by atoms with Crippen LogP contribution in [0.2, 0.25) is 0 Å². The van der Waals surface area contributed by atoms with Crippen LogP contribution in [0.3, 0.4) is 0 Å². The second-order valence-electron chi connectivity index (χ2n) is 6.13. The van der Waals surface area contributed by atoms with Crippen molar-refractivity contribution in [3.63, 3.8) is 0 Å². The van der Waals surface area contributed by atoms with Crippen LogP contribution in [-0.4, -0.2) is 22.1 Å². The zero-order valence-electron chi connectivity index (χ0n) is 13.8. The molecule has 2 aromatic carbocycles. The standard InChI is InChI=1S/C19H16BrN3O3/c20-12-5-6-15-14(9-12)19(25)23(11-21-15)10-18(24)22-16-7-8-26-17-4-2-1-3-13(16)17/h1-6,9,11,16H,7-8,10H2,(H,22,24). The fourth-order valence-corrected chi connectivity index (χ4v) is 3.49. The van der Waals surface area contributed by atoms with Crippen molar-refractivity contribution in [2.45, 2.75) is 19.0 Å². The molecule has 0 saturated carbocycles. The summed E-state index contributed by atoms with van der Waals surface area (Å²) in [7, 11) is 0. The molecule has 26 heavy (non-hydrogen) atoms. The maximum atomic E-state index is 12.6. The average Bonchev–Trinajstić information content (AvgIpc) is 2.65. The van der Waals surface area contributed by atoms with Gasteiger partial charge >= 0.3 is 0 Å². The molecule has 0 aliphatic carbocycles. The number of amides is 1. The highest BCUT2D eigenvalue weighted by molar-refractivity contribution is 9.10. The van der Waals surface area contributed by atoms with Gasteiger partial charge in [0.25, 0.3) is 5.56 Å². The molecular weight excluding hydrogens is 398 g/mol. The monoisotopic (exact) mass is 413 g/mol. The van der Waals surface area contributed by atoms with E-state index in [9.17, 15) is 9.59 Å². The summed E-state index contributed by atoms with van der Waals surface area (Å²) in [6.45, 7) is 0.473. The van der Waals surface area contributed by atoms with Crippen molar-refractivity contribution in [3.8, 4) is 5.75 Å². The Bertz CT molecular complexity index is 1050. The number of rotatable bonds is 3. The van der Waals surface area contributed by atoms with Crippen LogP contribution < -0.4 is 15.6 Å². The molecule has 1 aliphatic rings. The van der Waals surface area contributed by atoms with E-state index in [4.69, 9.17) is 4.74 Å². The quantitative estimate of drug-likeness (QED) is 0.716. The van der Waals surface area contributed by atoms with Gasteiger partial charge in [0.1, 0.15) is 12.3 Å². The maximum absolute atomic E-state index is 12.6. The number of hydrogen-bond acceptors (Lipinski definition) is 4. The van der Waals surface area contributed by atoms with E-state index >= 15 is 0 Å². The first-order valence-electron chi connectivity index (χ1n) is 8.27. The summed E-state index contributed by atoms with van der Waals surface area (Å²) in [4.78, 5) is 29.4. The number of fused-ring (bicyclic) bond motifs is 2. The smallest absolute Gasteiger partial charge is 0.261 e. The minimum Gasteiger partial charge on any atom is -0.493 e. The van der Waals surface area contributed by atoms with E-state index in [0.29, 0.717) is 23.9 Å². The molecule has 0 radical (unpaired) electrons. The Hall–Kier alpha value is -2.67. The van der Waals surface area contributed by atoms with Gasteiger partial charge in [-0.1, -0.05) is 34.1 Å². The lowest BCUT2D eigenvalue weighted by Gasteiger charge is -2.26. The third-order valence-corrected chi connectivity index (χ3v) is 4.89. The molecule has 1 atom stereocenters. The molecule has 0 fully saturated rings. The highest BCUT2D eigenvalue weighted by Crippen LogP contribution is 2.31. The molecule has 3 aromatic rings. The number of carbonyl (C=O) groups is 1. The van der Waals surface area contributed by atoms with Crippen LogP contribution in [0.4, 0.5) is 0 Å². The van der Waals surface area contributed by atoms with E-state index in [-0.39, 0.29) is 24.1 Å². The van der Waals surface area contributed by atoms with Gasteiger partial charge in [0.05, 0.1) is 29.9 Å². The molecule has 1 N–H and O–H groups in total. The van der Waals surface area contributed by atoms with E-state index in [2.05, 4.69) is 26.2 Å². The number of hydrogen-bond donors (Lipinski definition) is 1. The molecule has 1 aliphatic heterocycles. The average molecular weight is 414 g/mol. The second-order valence-corrected chi connectivity index (χ2v) is 7.05. The van der Waals surface area contributed by atoms with Crippen LogP contribution in [0.15, 0.2) is 58.1 Å². The van der Waals surface area contributed by atoms with Crippen molar-refractivity contribution >= 4 is 32.7 Å². The van der Waals surface area contributed by atoms with Gasteiger partial charge in [0.2, 0.25) is 5.91 Å². The first-order valence-corrected chi connectivity index (χ1v) is 9.07. The summed E-state index contributed by atoms with van der Waals surface area (Å²) < 4.78 is 7.74. The van der Waals surface area contributed by atoms with Gasteiger partial charge in [0, 0.05) is 16.5 Å². The Morgan fingerprint density at radius 1 is 1.31 bits per heavy atom. The molecule has 4 rings (SSSR count). The number of para-hydroxylation sites is 1. The van der Waals surface area contributed by atoms with Crippen LogP contribution in [0.25, 0.3) is 10.9 Å². The van der Waals surface area contributed by atoms with E-state index in [0.717, 1.165) is 15.8 Å². The summed E-state index contributed by atoms with van der Waals surface area (Å²) >= 11 is 3.36. The molecule has 7 heteroatoms. The number of aromatic nitrogens is 2. The first kappa shape index (κ1) is 16.8. The van der Waals surface area contributed by atoms with Crippen molar-refractivity contribution in [1.29, 1.82) is 0 Å². The Morgan fingerprint density at radius 2 is 2.15 bits per heavy atom. The zero-order valence-corrected chi connectivity index (χ0v) is 15.4. The van der Waals surface area contributed by atoms with Crippen LogP contribution in [0.1, 0.15) is 18.0 Å². The molecule has 0 saturated heterocycles. The van der Waals surface area contributed by atoms with E-state index in [1.165, 1.54) is 10.9 Å². The van der Waals surface area contributed by atoms with Crippen LogP contribution in [0.5, 0.6) is 5.75 Å². The van der Waals surface area contributed by atoms with Crippen molar-refractivity contribution in [1.82, 2.24) is 14.9 Å². The number of halogens is 1. The lowest BCUT2D eigenvalue weighted by Crippen LogP contribution is -2.36. The van der Waals surface area contributed by atoms with E-state index in [1.807, 2.05) is 30.3 Å². The molecule has 1 aromatic heterocycles. The summed E-state index contributed by atoms with van der Waals surface area (Å²) in [5.41, 5.74) is 1.33. The molecule has 0 bridgehead atoms. The normalized spacial score (nSPS) is 16.0. The third-order valence-electron chi connectivity index (χ3n) is 4.39. The van der Waals surface area contributed by atoms with Gasteiger partial charge in [-0.2, -0.15) is 0 Å². The number of nitrogens with zero attached hydrogens (tertiary/aromatic N) is 2. The summed E-state index contributed by atoms with van der Waals surface area (Å²) in [5, 5.41) is 3.47. The lowest BCUT2D eigenvalue weighted by molar-refractivity contribution is -0.122. The third kappa shape index (κ3) is 3.22. The van der Waals surface area contributed by atoms with Crippen LogP contribution in [-0.2, 0) is 11.3 Å². The molecule has 2 heterocycles. The van der Waals surface area contributed by atoms with Crippen LogP contribution >= 0.6 is 15.9 Å². The number of ether oxygens (including phenoxy) is 1. The number of carbonyl (C=O) groups excluding carboxylic acids is 1. The highest BCUT2D eigenvalue weighted by Gasteiger charge is 2.22. The topological polar surface area (TPSA) is 73.2 Å². The van der Waals surface area contributed by atoms with Crippen molar-refractivity contribution in [2.24, 2.45) is 0 Å². The molecule has 132 valence electrons. The number of nitrogens with one attached hydrogen (secondary N) is 1. The predicted molar refractivity (Wildman–Crippen MR) is 101 cm³/mol. The maximum Gasteiger partial charge on any atom is 0.261 e. The molecule has 0 spiro atoms. The Morgan fingerprint density at radius 3 is 3.04 bits per heavy atom. The largest absolute Gasteiger partial charge is 0.493 e. The first-order chi connectivity index (χ1) is 12.6. The van der Waals surface area contributed by atoms with Gasteiger partial charge in [-0.3, -0.25) is 14.2 Å². The molecule has 1 amide bonds. The zero-order chi connectivity index (χ0) is 18.1. The fraction of sp³-hybridized carbons (Fsp3) is 0.211. The minimum atomic E-state index is -0.237. The van der Waals surface area contributed by atoms with E-state index in [1.54, 1.807) is 12.1 Å².